The number of pyridine rings is 1. The van der Waals surface area contributed by atoms with Crippen LogP contribution in [-0.4, -0.2) is 65.9 Å². The van der Waals surface area contributed by atoms with E-state index in [1.54, 1.807) is 23.6 Å². The van der Waals surface area contributed by atoms with Gasteiger partial charge in [-0.25, -0.2) is 0 Å². The fourth-order valence-corrected chi connectivity index (χ4v) is 4.37. The summed E-state index contributed by atoms with van der Waals surface area (Å²) in [5.74, 6) is -1.25. The smallest absolute Gasteiger partial charge is 0.309 e. The van der Waals surface area contributed by atoms with Gasteiger partial charge in [-0.2, -0.15) is 0 Å². The van der Waals surface area contributed by atoms with Crippen LogP contribution in [0.15, 0.2) is 41.9 Å². The molecule has 1 aliphatic rings. The summed E-state index contributed by atoms with van der Waals surface area (Å²) in [6.07, 6.45) is 1.66. The van der Waals surface area contributed by atoms with Crippen molar-refractivity contribution in [2.75, 3.05) is 33.2 Å². The van der Waals surface area contributed by atoms with Crippen molar-refractivity contribution in [3.8, 4) is 0 Å². The lowest BCUT2D eigenvalue weighted by Crippen LogP contribution is -2.53. The second-order valence-corrected chi connectivity index (χ2v) is 8.04. The Hall–Kier alpha value is -2.29. The highest BCUT2D eigenvalue weighted by Gasteiger charge is 2.31. The number of piperazine rings is 1. The van der Waals surface area contributed by atoms with Gasteiger partial charge in [0.2, 0.25) is 0 Å². The van der Waals surface area contributed by atoms with Gasteiger partial charge in [0, 0.05) is 43.3 Å². The van der Waals surface area contributed by atoms with Crippen LogP contribution in [0.3, 0.4) is 0 Å². The van der Waals surface area contributed by atoms with Crippen molar-refractivity contribution in [3.05, 3.63) is 52.5 Å². The zero-order valence-electron chi connectivity index (χ0n) is 16.3. The first-order valence-corrected chi connectivity index (χ1v) is 10.4. The normalized spacial score (nSPS) is 17.6. The highest BCUT2D eigenvalue weighted by molar-refractivity contribution is 7.10. The van der Waals surface area contributed by atoms with Crippen LogP contribution < -0.4 is 10.6 Å². The lowest BCUT2D eigenvalue weighted by atomic mass is 10.0. The van der Waals surface area contributed by atoms with E-state index in [-0.39, 0.29) is 18.6 Å². The third-order valence-electron chi connectivity index (χ3n) is 4.96. The van der Waals surface area contributed by atoms with Gasteiger partial charge < -0.3 is 15.5 Å². The Kier molecular flexibility index (Phi) is 7.13. The summed E-state index contributed by atoms with van der Waals surface area (Å²) in [5.41, 5.74) is 0.714. The maximum atomic E-state index is 12.4. The third-order valence-corrected chi connectivity index (χ3v) is 5.90. The molecule has 0 unspecified atom stereocenters. The van der Waals surface area contributed by atoms with Gasteiger partial charge in [0.25, 0.3) is 0 Å². The molecule has 1 saturated heterocycles. The molecule has 2 amide bonds. The van der Waals surface area contributed by atoms with Gasteiger partial charge in [0.05, 0.1) is 18.3 Å². The van der Waals surface area contributed by atoms with E-state index in [0.29, 0.717) is 5.69 Å². The SMILES string of the molecule is C[C@H](NC(=O)C(=O)NCc1ccccn1)[C@@H](c1cccs1)N1CCN(C)CC1. The van der Waals surface area contributed by atoms with Crippen molar-refractivity contribution in [3.63, 3.8) is 0 Å². The second kappa shape index (κ2) is 9.77. The predicted octanol–water partition coefficient (Wildman–Crippen LogP) is 1.25. The molecular weight excluding hydrogens is 374 g/mol. The Morgan fingerprint density at radius 3 is 2.57 bits per heavy atom. The quantitative estimate of drug-likeness (QED) is 0.713. The monoisotopic (exact) mass is 401 g/mol. The van der Waals surface area contributed by atoms with Crippen LogP contribution in [0.25, 0.3) is 0 Å². The molecule has 2 aromatic heterocycles. The third kappa shape index (κ3) is 5.37. The number of amides is 2. The van der Waals surface area contributed by atoms with Crippen LogP contribution in [0.2, 0.25) is 0 Å². The van der Waals surface area contributed by atoms with Crippen molar-refractivity contribution < 1.29 is 9.59 Å². The van der Waals surface area contributed by atoms with Crippen LogP contribution in [0.4, 0.5) is 0 Å². The van der Waals surface area contributed by atoms with Crippen molar-refractivity contribution in [2.24, 2.45) is 0 Å². The van der Waals surface area contributed by atoms with Crippen LogP contribution >= 0.6 is 11.3 Å². The minimum atomic E-state index is -0.638. The van der Waals surface area contributed by atoms with E-state index in [9.17, 15) is 9.59 Å². The molecule has 150 valence electrons. The maximum absolute atomic E-state index is 12.4. The van der Waals surface area contributed by atoms with E-state index in [2.05, 4.69) is 38.5 Å². The number of hydrogen-bond donors (Lipinski definition) is 2. The number of carbonyl (C=O) groups is 2. The Balaban J connectivity index is 1.60. The van der Waals surface area contributed by atoms with Crippen molar-refractivity contribution in [1.82, 2.24) is 25.4 Å². The van der Waals surface area contributed by atoms with Gasteiger partial charge in [0.1, 0.15) is 0 Å². The summed E-state index contributed by atoms with van der Waals surface area (Å²) < 4.78 is 0. The summed E-state index contributed by atoms with van der Waals surface area (Å²) in [4.78, 5) is 34.7. The molecule has 2 N–H and O–H groups in total. The molecule has 8 heteroatoms. The zero-order chi connectivity index (χ0) is 19.9. The molecule has 0 bridgehead atoms. The molecule has 2 aromatic rings. The Morgan fingerprint density at radius 2 is 1.93 bits per heavy atom. The summed E-state index contributed by atoms with van der Waals surface area (Å²) in [5, 5.41) is 7.57. The van der Waals surface area contributed by atoms with E-state index >= 15 is 0 Å². The molecule has 0 spiro atoms. The minimum absolute atomic E-state index is 0.0567. The van der Waals surface area contributed by atoms with Crippen LogP contribution in [0.1, 0.15) is 23.5 Å². The average molecular weight is 402 g/mol. The number of thiophene rings is 1. The van der Waals surface area contributed by atoms with E-state index < -0.39 is 11.8 Å². The van der Waals surface area contributed by atoms with Gasteiger partial charge >= 0.3 is 11.8 Å². The van der Waals surface area contributed by atoms with Crippen LogP contribution in [-0.2, 0) is 16.1 Å². The number of aromatic nitrogens is 1. The summed E-state index contributed by atoms with van der Waals surface area (Å²) in [6, 6.07) is 9.45. The molecule has 7 nitrogen and oxygen atoms in total. The molecule has 0 aliphatic carbocycles. The van der Waals surface area contributed by atoms with E-state index in [0.717, 1.165) is 26.2 Å². The first-order valence-electron chi connectivity index (χ1n) is 9.49. The largest absolute Gasteiger partial charge is 0.343 e. The van der Waals surface area contributed by atoms with E-state index in [4.69, 9.17) is 0 Å². The molecule has 3 heterocycles. The number of hydrogen-bond acceptors (Lipinski definition) is 6. The Labute approximate surface area is 169 Å². The molecule has 1 aliphatic heterocycles. The number of nitrogens with zero attached hydrogens (tertiary/aromatic N) is 3. The maximum Gasteiger partial charge on any atom is 0.309 e. The van der Waals surface area contributed by atoms with Gasteiger partial charge in [-0.15, -0.1) is 11.3 Å². The molecule has 3 rings (SSSR count). The van der Waals surface area contributed by atoms with Gasteiger partial charge in [-0.05, 0) is 37.6 Å². The van der Waals surface area contributed by atoms with Gasteiger partial charge in [-0.3, -0.25) is 19.5 Å². The zero-order valence-corrected chi connectivity index (χ0v) is 17.1. The van der Waals surface area contributed by atoms with Crippen molar-refractivity contribution in [2.45, 2.75) is 25.6 Å². The number of rotatable bonds is 6. The van der Waals surface area contributed by atoms with E-state index in [1.807, 2.05) is 30.5 Å². The Bertz CT molecular complexity index is 760. The highest BCUT2D eigenvalue weighted by atomic mass is 32.1. The molecule has 28 heavy (non-hydrogen) atoms. The van der Waals surface area contributed by atoms with Gasteiger partial charge in [-0.1, -0.05) is 12.1 Å². The average Bonchev–Trinajstić information content (AvgIpc) is 3.22. The molecule has 0 saturated carbocycles. The summed E-state index contributed by atoms with van der Waals surface area (Å²) >= 11 is 1.68. The lowest BCUT2D eigenvalue weighted by molar-refractivity contribution is -0.140. The first kappa shape index (κ1) is 20.4. The summed E-state index contributed by atoms with van der Waals surface area (Å²) in [6.45, 7) is 6.05. The Morgan fingerprint density at radius 1 is 1.14 bits per heavy atom. The standard InChI is InChI=1S/C20H27N5O2S/c1-15(23-20(27)19(26)22-14-16-6-3-4-8-21-16)18(17-7-5-13-28-17)25-11-9-24(2)10-12-25/h3-8,13,15,18H,9-12,14H2,1-2H3,(H,22,26)(H,23,27)/t15-,18-/m0/s1. The lowest BCUT2D eigenvalue weighted by Gasteiger charge is -2.40. The topological polar surface area (TPSA) is 77.6 Å². The van der Waals surface area contributed by atoms with E-state index in [1.165, 1.54) is 4.88 Å². The highest BCUT2D eigenvalue weighted by Crippen LogP contribution is 2.29. The molecule has 2 atom stereocenters. The van der Waals surface area contributed by atoms with Crippen molar-refractivity contribution in [1.29, 1.82) is 0 Å². The first-order chi connectivity index (χ1) is 13.5. The summed E-state index contributed by atoms with van der Waals surface area (Å²) in [7, 11) is 2.12. The molecular formula is C20H27N5O2S. The molecule has 0 radical (unpaired) electrons. The number of nitrogens with one attached hydrogen (secondary N) is 2. The van der Waals surface area contributed by atoms with Crippen LogP contribution in [0.5, 0.6) is 0 Å². The number of carbonyl (C=O) groups excluding carboxylic acids is 2. The fourth-order valence-electron chi connectivity index (χ4n) is 3.41. The predicted molar refractivity (Wildman–Crippen MR) is 110 cm³/mol. The van der Waals surface area contributed by atoms with Crippen LogP contribution in [0, 0.1) is 0 Å². The minimum Gasteiger partial charge on any atom is -0.343 e. The second-order valence-electron chi connectivity index (χ2n) is 7.07. The molecule has 0 aromatic carbocycles. The van der Waals surface area contributed by atoms with Crippen molar-refractivity contribution >= 4 is 23.2 Å². The number of likely N-dealkylation sites (N-methyl/N-ethyl adjacent to an activating group) is 1. The van der Waals surface area contributed by atoms with Gasteiger partial charge in [0.15, 0.2) is 0 Å². The fraction of sp³-hybridized carbons (Fsp3) is 0.450. The molecule has 1 fully saturated rings.